The normalized spacial score (nSPS) is 18.6. The molecule has 1 aromatic heterocycles. The summed E-state index contributed by atoms with van der Waals surface area (Å²) in [6.45, 7) is 0.729. The van der Waals surface area contributed by atoms with Crippen molar-refractivity contribution in [2.24, 2.45) is 0 Å². The van der Waals surface area contributed by atoms with E-state index in [9.17, 15) is 9.18 Å². The predicted octanol–water partition coefficient (Wildman–Crippen LogP) is 3.33. The Kier molecular flexibility index (Phi) is 4.03. The zero-order chi connectivity index (χ0) is 15.0. The number of nitrogens with zero attached hydrogens (tertiary/aromatic N) is 1. The van der Waals surface area contributed by atoms with Crippen LogP contribution < -0.4 is 0 Å². The number of hydrogen-bond donors (Lipinski definition) is 2. The number of rotatable bonds is 3. The number of fused-ring (bicyclic) bond motifs is 1. The van der Waals surface area contributed by atoms with Crippen molar-refractivity contribution in [1.82, 2.24) is 14.9 Å². The molecular weight excluding hydrogens is 309 g/mol. The summed E-state index contributed by atoms with van der Waals surface area (Å²) >= 11 is 6.77. The van der Waals surface area contributed by atoms with Crippen molar-refractivity contribution in [2.45, 2.75) is 18.9 Å². The Morgan fingerprint density at radius 2 is 2.33 bits per heavy atom. The molecule has 1 atom stereocenters. The van der Waals surface area contributed by atoms with Crippen molar-refractivity contribution in [3.63, 3.8) is 0 Å². The molecule has 1 aliphatic rings. The van der Waals surface area contributed by atoms with Crippen molar-refractivity contribution < 1.29 is 9.18 Å². The third-order valence-corrected chi connectivity index (χ3v) is 4.74. The quantitative estimate of drug-likeness (QED) is 0.851. The molecule has 1 aromatic carbocycles. The van der Waals surface area contributed by atoms with Crippen LogP contribution in [0.3, 0.4) is 0 Å². The number of hydrogen-bond acceptors (Lipinski definition) is 3. The summed E-state index contributed by atoms with van der Waals surface area (Å²) in [5.74, 6) is 0.353. The maximum Gasteiger partial charge on any atom is 0.256 e. The lowest BCUT2D eigenvalue weighted by Crippen LogP contribution is -2.37. The largest absolute Gasteiger partial charge is 0.335 e. The van der Waals surface area contributed by atoms with Crippen LogP contribution in [-0.2, 0) is 0 Å². The summed E-state index contributed by atoms with van der Waals surface area (Å²) < 4.78 is 14.2. The molecule has 4 nitrogen and oxygen atoms in total. The standard InChI is InChI=1S/C14H16FN3OS2/c1-21-7-9-3-2-4-18(9)13(19)10-5-8(15)6-11-12(10)17-14(20)16-11/h5-6,9H,2-4,7H2,1H3,(H2,16,17,20). The van der Waals surface area contributed by atoms with Crippen LogP contribution in [0.1, 0.15) is 23.2 Å². The molecule has 7 heteroatoms. The molecular formula is C14H16FN3OS2. The summed E-state index contributed by atoms with van der Waals surface area (Å²) in [6, 6.07) is 2.87. The molecule has 1 fully saturated rings. The van der Waals surface area contributed by atoms with Gasteiger partial charge in [-0.15, -0.1) is 0 Å². The van der Waals surface area contributed by atoms with E-state index in [1.54, 1.807) is 11.8 Å². The van der Waals surface area contributed by atoms with Crippen molar-refractivity contribution in [3.05, 3.63) is 28.3 Å². The summed E-state index contributed by atoms with van der Waals surface area (Å²) in [7, 11) is 0. The number of carbonyl (C=O) groups is 1. The Labute approximate surface area is 131 Å². The number of likely N-dealkylation sites (tertiary alicyclic amines) is 1. The molecule has 2 aromatic rings. The van der Waals surface area contributed by atoms with E-state index in [4.69, 9.17) is 12.2 Å². The first-order valence-corrected chi connectivity index (χ1v) is 8.62. The monoisotopic (exact) mass is 325 g/mol. The minimum Gasteiger partial charge on any atom is -0.335 e. The number of aromatic amines is 2. The minimum absolute atomic E-state index is 0.124. The average Bonchev–Trinajstić information content (AvgIpc) is 3.03. The zero-order valence-electron chi connectivity index (χ0n) is 11.6. The predicted molar refractivity (Wildman–Crippen MR) is 85.9 cm³/mol. The van der Waals surface area contributed by atoms with Crippen LogP contribution in [0.2, 0.25) is 0 Å². The average molecular weight is 325 g/mol. The van der Waals surface area contributed by atoms with Gasteiger partial charge in [-0.2, -0.15) is 11.8 Å². The second kappa shape index (κ2) is 5.81. The third kappa shape index (κ3) is 2.72. The fourth-order valence-corrected chi connectivity index (χ4v) is 3.84. The van der Waals surface area contributed by atoms with Crippen LogP contribution in [-0.4, -0.2) is 45.4 Å². The highest BCUT2D eigenvalue weighted by molar-refractivity contribution is 7.98. The smallest absolute Gasteiger partial charge is 0.256 e. The van der Waals surface area contributed by atoms with Gasteiger partial charge in [0.2, 0.25) is 0 Å². The van der Waals surface area contributed by atoms with Gasteiger partial charge in [-0.1, -0.05) is 0 Å². The fourth-order valence-electron chi connectivity index (χ4n) is 2.90. The van der Waals surface area contributed by atoms with Crippen LogP contribution in [0.25, 0.3) is 11.0 Å². The van der Waals surface area contributed by atoms with Crippen LogP contribution in [0, 0.1) is 10.6 Å². The van der Waals surface area contributed by atoms with Gasteiger partial charge in [-0.05, 0) is 43.4 Å². The first-order valence-electron chi connectivity index (χ1n) is 6.81. The highest BCUT2D eigenvalue weighted by Gasteiger charge is 2.30. The maximum absolute atomic E-state index is 13.8. The lowest BCUT2D eigenvalue weighted by molar-refractivity contribution is 0.0751. The molecule has 0 aliphatic carbocycles. The first-order chi connectivity index (χ1) is 10.1. The van der Waals surface area contributed by atoms with Crippen molar-refractivity contribution in [1.29, 1.82) is 0 Å². The highest BCUT2D eigenvalue weighted by atomic mass is 32.2. The van der Waals surface area contributed by atoms with Gasteiger partial charge in [0.25, 0.3) is 5.91 Å². The zero-order valence-corrected chi connectivity index (χ0v) is 13.2. The molecule has 21 heavy (non-hydrogen) atoms. The second-order valence-corrected chi connectivity index (χ2v) is 6.52. The number of imidazole rings is 1. The summed E-state index contributed by atoms with van der Waals surface area (Å²) in [5, 5.41) is 0. The van der Waals surface area contributed by atoms with Crippen molar-refractivity contribution in [3.8, 4) is 0 Å². The number of H-pyrrole nitrogens is 2. The number of amides is 1. The minimum atomic E-state index is -0.434. The molecule has 2 heterocycles. The lowest BCUT2D eigenvalue weighted by Gasteiger charge is -2.24. The molecule has 1 amide bonds. The summed E-state index contributed by atoms with van der Waals surface area (Å²) in [4.78, 5) is 20.5. The van der Waals surface area contributed by atoms with E-state index in [1.165, 1.54) is 12.1 Å². The summed E-state index contributed by atoms with van der Waals surface area (Å²) in [5.41, 5.74) is 1.47. The maximum atomic E-state index is 13.8. The topological polar surface area (TPSA) is 51.9 Å². The van der Waals surface area contributed by atoms with E-state index in [2.05, 4.69) is 9.97 Å². The van der Waals surface area contributed by atoms with Crippen LogP contribution in [0.4, 0.5) is 4.39 Å². The Morgan fingerprint density at radius 3 is 3.10 bits per heavy atom. The number of nitrogens with one attached hydrogen (secondary N) is 2. The Balaban J connectivity index is 2.03. The van der Waals surface area contributed by atoms with Gasteiger partial charge in [0, 0.05) is 18.3 Å². The Hall–Kier alpha value is -1.34. The highest BCUT2D eigenvalue weighted by Crippen LogP contribution is 2.25. The molecule has 3 rings (SSSR count). The number of thioether (sulfide) groups is 1. The van der Waals surface area contributed by atoms with Gasteiger partial charge in [-0.3, -0.25) is 4.79 Å². The molecule has 0 spiro atoms. The molecule has 0 radical (unpaired) electrons. The number of benzene rings is 1. The summed E-state index contributed by atoms with van der Waals surface area (Å²) in [6.07, 6.45) is 4.04. The molecule has 112 valence electrons. The third-order valence-electron chi connectivity index (χ3n) is 3.82. The van der Waals surface area contributed by atoms with Crippen molar-refractivity contribution >= 4 is 40.9 Å². The van der Waals surface area contributed by atoms with E-state index >= 15 is 0 Å². The van der Waals surface area contributed by atoms with Gasteiger partial charge in [-0.25, -0.2) is 4.39 Å². The van der Waals surface area contributed by atoms with Gasteiger partial charge in [0.05, 0.1) is 16.6 Å². The molecule has 1 unspecified atom stereocenters. The van der Waals surface area contributed by atoms with E-state index in [-0.39, 0.29) is 11.9 Å². The van der Waals surface area contributed by atoms with Crippen LogP contribution >= 0.6 is 24.0 Å². The van der Waals surface area contributed by atoms with E-state index < -0.39 is 5.82 Å². The molecule has 0 saturated carbocycles. The molecule has 0 bridgehead atoms. The fraction of sp³-hybridized carbons (Fsp3) is 0.429. The Morgan fingerprint density at radius 1 is 1.52 bits per heavy atom. The van der Waals surface area contributed by atoms with Gasteiger partial charge >= 0.3 is 0 Å². The number of aromatic nitrogens is 2. The molecule has 1 saturated heterocycles. The van der Waals surface area contributed by atoms with Gasteiger partial charge in [0.1, 0.15) is 5.82 Å². The van der Waals surface area contributed by atoms with Gasteiger partial charge in [0.15, 0.2) is 4.77 Å². The van der Waals surface area contributed by atoms with Crippen LogP contribution in [0.5, 0.6) is 0 Å². The molecule has 1 aliphatic heterocycles. The van der Waals surface area contributed by atoms with Crippen LogP contribution in [0.15, 0.2) is 12.1 Å². The van der Waals surface area contributed by atoms with E-state index in [0.29, 0.717) is 21.4 Å². The Bertz CT molecular complexity index is 739. The SMILES string of the molecule is CSCC1CCCN1C(=O)c1cc(F)cc2[nH]c(=S)[nH]c12. The second-order valence-electron chi connectivity index (χ2n) is 5.20. The lowest BCUT2D eigenvalue weighted by atomic mass is 10.1. The van der Waals surface area contributed by atoms with Gasteiger partial charge < -0.3 is 14.9 Å². The first kappa shape index (κ1) is 14.6. The van der Waals surface area contributed by atoms with E-state index in [1.807, 2.05) is 11.2 Å². The number of halogens is 1. The van der Waals surface area contributed by atoms with E-state index in [0.717, 1.165) is 25.1 Å². The molecule has 2 N–H and O–H groups in total. The van der Waals surface area contributed by atoms with Crippen molar-refractivity contribution in [2.75, 3.05) is 18.6 Å². The number of carbonyl (C=O) groups excluding carboxylic acids is 1.